The molecule has 0 bridgehead atoms. The van der Waals surface area contributed by atoms with Crippen LogP contribution in [0.1, 0.15) is 42.7 Å². The Morgan fingerprint density at radius 1 is 1.18 bits per heavy atom. The van der Waals surface area contributed by atoms with Crippen molar-refractivity contribution in [1.29, 1.82) is 0 Å². The summed E-state index contributed by atoms with van der Waals surface area (Å²) in [6, 6.07) is 7.78. The Labute approximate surface area is 197 Å². The Kier molecular flexibility index (Phi) is 7.20. The lowest BCUT2D eigenvalue weighted by Crippen LogP contribution is -2.37. The summed E-state index contributed by atoms with van der Waals surface area (Å²) in [6.45, 7) is 2.91. The summed E-state index contributed by atoms with van der Waals surface area (Å²) in [4.78, 5) is 26.4. The predicted octanol–water partition coefficient (Wildman–Crippen LogP) is 4.96. The van der Waals surface area contributed by atoms with Gasteiger partial charge in [0, 0.05) is 31.3 Å². The molecule has 1 aromatic carbocycles. The molecule has 0 unspecified atom stereocenters. The van der Waals surface area contributed by atoms with Crippen molar-refractivity contribution in [2.24, 2.45) is 0 Å². The van der Waals surface area contributed by atoms with E-state index in [1.54, 1.807) is 25.6 Å². The van der Waals surface area contributed by atoms with Gasteiger partial charge in [0.1, 0.15) is 17.0 Å². The molecule has 0 saturated heterocycles. The van der Waals surface area contributed by atoms with E-state index >= 15 is 0 Å². The van der Waals surface area contributed by atoms with Gasteiger partial charge in [-0.15, -0.1) is 11.3 Å². The standard InChI is InChI=1S/C24H28N4O4S/c1-16-12-17(19-15-26-21(33-19)24(22(29)30)7-4-3-5-8-24)14-18(13-16)27-23-25-9-6-20(28-23)32-11-10-31-2/h6,9,12-15H,3-5,7-8,10-11H2,1-2H3,(H,29,30)(H,25,27,28). The summed E-state index contributed by atoms with van der Waals surface area (Å²) < 4.78 is 10.6. The molecule has 3 aromatic rings. The van der Waals surface area contributed by atoms with Gasteiger partial charge in [-0.3, -0.25) is 4.79 Å². The van der Waals surface area contributed by atoms with Crippen LogP contribution >= 0.6 is 11.3 Å². The van der Waals surface area contributed by atoms with Crippen LogP contribution in [0.4, 0.5) is 11.6 Å². The Morgan fingerprint density at radius 3 is 2.76 bits per heavy atom. The largest absolute Gasteiger partial charge is 0.481 e. The van der Waals surface area contributed by atoms with Gasteiger partial charge in [-0.05, 0) is 43.0 Å². The summed E-state index contributed by atoms with van der Waals surface area (Å²) in [7, 11) is 1.62. The number of aryl methyl sites for hydroxylation is 1. The molecular weight excluding hydrogens is 440 g/mol. The molecule has 1 aliphatic rings. The molecule has 1 saturated carbocycles. The molecule has 0 aliphatic heterocycles. The predicted molar refractivity (Wildman–Crippen MR) is 127 cm³/mol. The van der Waals surface area contributed by atoms with E-state index in [9.17, 15) is 9.90 Å². The fourth-order valence-electron chi connectivity index (χ4n) is 4.14. The molecule has 0 spiro atoms. The van der Waals surface area contributed by atoms with E-state index in [-0.39, 0.29) is 0 Å². The van der Waals surface area contributed by atoms with Gasteiger partial charge in [-0.2, -0.15) is 4.98 Å². The van der Waals surface area contributed by atoms with E-state index in [0.29, 0.717) is 42.9 Å². The van der Waals surface area contributed by atoms with Crippen LogP contribution in [-0.2, 0) is 14.9 Å². The molecule has 9 heteroatoms. The summed E-state index contributed by atoms with van der Waals surface area (Å²) >= 11 is 1.47. The second-order valence-electron chi connectivity index (χ2n) is 8.25. The number of aromatic nitrogens is 3. The lowest BCUT2D eigenvalue weighted by Gasteiger charge is -2.31. The molecule has 33 heavy (non-hydrogen) atoms. The molecular formula is C24H28N4O4S. The first kappa shape index (κ1) is 23.1. The van der Waals surface area contributed by atoms with E-state index < -0.39 is 11.4 Å². The van der Waals surface area contributed by atoms with Crippen molar-refractivity contribution in [2.45, 2.75) is 44.4 Å². The van der Waals surface area contributed by atoms with Gasteiger partial charge in [-0.1, -0.05) is 25.3 Å². The first-order chi connectivity index (χ1) is 16.0. The summed E-state index contributed by atoms with van der Waals surface area (Å²) in [5.74, 6) is 0.133. The van der Waals surface area contributed by atoms with E-state index in [4.69, 9.17) is 9.47 Å². The SMILES string of the molecule is COCCOc1ccnc(Nc2cc(C)cc(-c3cnc(C4(C(=O)O)CCCCC4)s3)c2)n1. The minimum absolute atomic E-state index is 0.410. The van der Waals surface area contributed by atoms with Gasteiger partial charge in [0.25, 0.3) is 0 Å². The molecule has 0 amide bonds. The van der Waals surface area contributed by atoms with Gasteiger partial charge >= 0.3 is 5.97 Å². The van der Waals surface area contributed by atoms with Crippen molar-refractivity contribution in [3.05, 3.63) is 47.2 Å². The maximum Gasteiger partial charge on any atom is 0.316 e. The van der Waals surface area contributed by atoms with Crippen molar-refractivity contribution in [1.82, 2.24) is 15.0 Å². The summed E-state index contributed by atoms with van der Waals surface area (Å²) in [5, 5.41) is 13.9. The number of hydrogen-bond donors (Lipinski definition) is 2. The van der Waals surface area contributed by atoms with Crippen molar-refractivity contribution >= 4 is 28.9 Å². The third-order valence-electron chi connectivity index (χ3n) is 5.82. The van der Waals surface area contributed by atoms with Crippen LogP contribution in [0.2, 0.25) is 0 Å². The smallest absolute Gasteiger partial charge is 0.316 e. The van der Waals surface area contributed by atoms with Crippen LogP contribution in [0.5, 0.6) is 5.88 Å². The normalized spacial score (nSPS) is 15.2. The van der Waals surface area contributed by atoms with Gasteiger partial charge in [0.15, 0.2) is 0 Å². The van der Waals surface area contributed by atoms with Gasteiger partial charge in [0.2, 0.25) is 11.8 Å². The fourth-order valence-corrected chi connectivity index (χ4v) is 5.28. The number of thiazole rings is 1. The van der Waals surface area contributed by atoms with E-state index in [1.807, 2.05) is 19.1 Å². The number of ether oxygens (including phenoxy) is 2. The Morgan fingerprint density at radius 2 is 2.00 bits per heavy atom. The van der Waals surface area contributed by atoms with Crippen LogP contribution in [0, 0.1) is 6.92 Å². The average Bonchev–Trinajstić information content (AvgIpc) is 3.30. The highest BCUT2D eigenvalue weighted by atomic mass is 32.1. The zero-order valence-electron chi connectivity index (χ0n) is 18.8. The molecule has 2 heterocycles. The summed E-state index contributed by atoms with van der Waals surface area (Å²) in [5.41, 5.74) is 2.01. The molecule has 4 rings (SSSR count). The Balaban J connectivity index is 1.56. The third kappa shape index (κ3) is 5.31. The topological polar surface area (TPSA) is 106 Å². The number of benzene rings is 1. The highest BCUT2D eigenvalue weighted by molar-refractivity contribution is 7.15. The maximum atomic E-state index is 12.2. The Bertz CT molecular complexity index is 1110. The van der Waals surface area contributed by atoms with E-state index in [1.165, 1.54) is 11.3 Å². The second-order valence-corrected chi connectivity index (χ2v) is 9.28. The number of carbonyl (C=O) groups is 1. The molecule has 2 N–H and O–H groups in total. The lowest BCUT2D eigenvalue weighted by atomic mass is 9.74. The molecule has 8 nitrogen and oxygen atoms in total. The fraction of sp³-hybridized carbons (Fsp3) is 0.417. The second kappa shape index (κ2) is 10.3. The Hall–Kier alpha value is -3.04. The van der Waals surface area contributed by atoms with Crippen LogP contribution < -0.4 is 10.1 Å². The number of carboxylic acids is 1. The number of aliphatic carboxylic acids is 1. The van der Waals surface area contributed by atoms with Gasteiger partial charge in [0.05, 0.1) is 11.5 Å². The first-order valence-electron chi connectivity index (χ1n) is 11.0. The minimum Gasteiger partial charge on any atom is -0.481 e. The number of rotatable bonds is 9. The first-order valence-corrected chi connectivity index (χ1v) is 11.9. The number of hydrogen-bond acceptors (Lipinski definition) is 8. The van der Waals surface area contributed by atoms with Crippen LogP contribution in [0.3, 0.4) is 0 Å². The number of carboxylic acid groups (broad SMARTS) is 1. The van der Waals surface area contributed by atoms with Gasteiger partial charge < -0.3 is 19.9 Å². The van der Waals surface area contributed by atoms with Crippen LogP contribution in [0.25, 0.3) is 10.4 Å². The average molecular weight is 469 g/mol. The number of anilines is 2. The van der Waals surface area contributed by atoms with Crippen LogP contribution in [0.15, 0.2) is 36.7 Å². The number of nitrogens with zero attached hydrogens (tertiary/aromatic N) is 3. The lowest BCUT2D eigenvalue weighted by molar-refractivity contribution is -0.145. The van der Waals surface area contributed by atoms with Crippen molar-refractivity contribution in [3.63, 3.8) is 0 Å². The molecule has 174 valence electrons. The zero-order valence-corrected chi connectivity index (χ0v) is 19.7. The monoisotopic (exact) mass is 468 g/mol. The molecule has 0 radical (unpaired) electrons. The highest BCUT2D eigenvalue weighted by Gasteiger charge is 2.43. The molecule has 0 atom stereocenters. The quantitative estimate of drug-likeness (QED) is 0.424. The van der Waals surface area contributed by atoms with Gasteiger partial charge in [-0.25, -0.2) is 9.97 Å². The van der Waals surface area contributed by atoms with Crippen molar-refractivity contribution in [2.75, 3.05) is 25.6 Å². The zero-order chi connectivity index (χ0) is 23.3. The van der Waals surface area contributed by atoms with E-state index in [2.05, 4.69) is 26.3 Å². The van der Waals surface area contributed by atoms with Crippen molar-refractivity contribution < 1.29 is 19.4 Å². The maximum absolute atomic E-state index is 12.2. The minimum atomic E-state index is -0.858. The molecule has 1 fully saturated rings. The third-order valence-corrected chi connectivity index (χ3v) is 7.07. The number of methoxy groups -OCH3 is 1. The van der Waals surface area contributed by atoms with Crippen LogP contribution in [-0.4, -0.2) is 46.4 Å². The highest BCUT2D eigenvalue weighted by Crippen LogP contribution is 2.43. The molecule has 1 aliphatic carbocycles. The van der Waals surface area contributed by atoms with E-state index in [0.717, 1.165) is 41.0 Å². The number of nitrogens with one attached hydrogen (secondary N) is 1. The summed E-state index contributed by atoms with van der Waals surface area (Å²) in [6.07, 6.45) is 7.66. The van der Waals surface area contributed by atoms with Crippen molar-refractivity contribution in [3.8, 4) is 16.3 Å². The molecule has 2 aromatic heterocycles.